The zero-order valence-corrected chi connectivity index (χ0v) is 41.1. The first-order chi connectivity index (χ1) is 29.5. The van der Waals surface area contributed by atoms with Gasteiger partial charge in [0.25, 0.3) is 5.52 Å². The van der Waals surface area contributed by atoms with Crippen LogP contribution >= 0.6 is 0 Å². The molecular weight excluding hydrogens is 745 g/mol. The van der Waals surface area contributed by atoms with Gasteiger partial charge in [-0.2, -0.15) is 4.57 Å². The smallest absolute Gasteiger partial charge is 0.374 e. The highest BCUT2D eigenvalue weighted by molar-refractivity contribution is 5.72. The van der Waals surface area contributed by atoms with Gasteiger partial charge in [-0.1, -0.05) is 228 Å². The van der Waals surface area contributed by atoms with E-state index in [2.05, 4.69) is 119 Å². The molecule has 2 heterocycles. The number of hydrogen-bond acceptors (Lipinski definition) is 3. The molecule has 4 heteroatoms. The topological polar surface area (TPSA) is 29.5 Å². The first-order valence-electron chi connectivity index (χ1n) is 26.0. The van der Waals surface area contributed by atoms with E-state index >= 15 is 0 Å². The van der Waals surface area contributed by atoms with Gasteiger partial charge in [-0.15, -0.1) is 0 Å². The standard InChI is InChI=1S/C57H93N2O2/c1-9-11-13-15-17-19-21-23-25-27-29-31-33-35-44-58-50-46-48(56(3,4)5)40-42-52(50)60-54(58)38-37-39-55-59(51-47-49(57(6,7)8)41-43-53(51)61-55)45-36-34-32-30-28-26-24-22-20-18-16-14-12-10-2/h37-43,46-47H,9-36,44-45H2,1-8H3/q+1. The summed E-state index contributed by atoms with van der Waals surface area (Å²) in [5, 5.41) is 0. The van der Waals surface area contributed by atoms with Crippen molar-refractivity contribution < 1.29 is 13.7 Å². The van der Waals surface area contributed by atoms with Crippen molar-refractivity contribution in [1.82, 2.24) is 0 Å². The molecule has 0 radical (unpaired) electrons. The SMILES string of the molecule is CCCCCCCCCCCCCCCCN1/C(=C/C=C/c2oc3ccc(C(C)(C)C)cc3[n+]2CCCCCCCCCCCCCCCC)Oc2ccc(C(C)(C)C)cc21. The van der Waals surface area contributed by atoms with Crippen molar-refractivity contribution in [2.75, 3.05) is 11.4 Å². The van der Waals surface area contributed by atoms with Gasteiger partial charge in [0.05, 0.1) is 11.8 Å². The molecule has 3 aromatic rings. The van der Waals surface area contributed by atoms with Crippen LogP contribution in [0.5, 0.6) is 5.75 Å². The molecule has 4 nitrogen and oxygen atoms in total. The molecule has 0 bridgehead atoms. The molecule has 1 aromatic heterocycles. The Balaban J connectivity index is 1.34. The van der Waals surface area contributed by atoms with Crippen LogP contribution in [0.2, 0.25) is 0 Å². The molecule has 0 N–H and O–H groups in total. The van der Waals surface area contributed by atoms with E-state index in [-0.39, 0.29) is 10.8 Å². The molecule has 1 aliphatic heterocycles. The van der Waals surface area contributed by atoms with Crippen LogP contribution in [0, 0.1) is 0 Å². The summed E-state index contributed by atoms with van der Waals surface area (Å²) in [5.41, 5.74) is 6.22. The molecule has 61 heavy (non-hydrogen) atoms. The van der Waals surface area contributed by atoms with E-state index in [1.54, 1.807) is 0 Å². The summed E-state index contributed by atoms with van der Waals surface area (Å²) in [6.07, 6.45) is 44.9. The molecule has 1 aliphatic rings. The number of benzene rings is 2. The highest BCUT2D eigenvalue weighted by atomic mass is 16.5. The molecule has 0 aliphatic carbocycles. The second-order valence-corrected chi connectivity index (χ2v) is 20.8. The van der Waals surface area contributed by atoms with Gasteiger partial charge in [-0.3, -0.25) is 0 Å². The maximum atomic E-state index is 6.59. The van der Waals surface area contributed by atoms with Crippen molar-refractivity contribution in [3.05, 3.63) is 71.5 Å². The van der Waals surface area contributed by atoms with Crippen LogP contribution in [0.25, 0.3) is 17.2 Å². The van der Waals surface area contributed by atoms with Crippen LogP contribution in [0.1, 0.15) is 252 Å². The van der Waals surface area contributed by atoms with Crippen LogP contribution in [0.3, 0.4) is 0 Å². The number of anilines is 1. The minimum Gasteiger partial charge on any atom is -0.439 e. The molecule has 0 amide bonds. The zero-order chi connectivity index (χ0) is 43.8. The minimum absolute atomic E-state index is 0.0802. The van der Waals surface area contributed by atoms with Crippen molar-refractivity contribution in [1.29, 1.82) is 0 Å². The summed E-state index contributed by atoms with van der Waals surface area (Å²) in [7, 11) is 0. The highest BCUT2D eigenvalue weighted by Gasteiger charge is 2.28. The number of fused-ring (bicyclic) bond motifs is 2. The minimum atomic E-state index is 0.0802. The zero-order valence-electron chi connectivity index (χ0n) is 41.1. The Labute approximate surface area is 376 Å². The maximum Gasteiger partial charge on any atom is 0.374 e. The Morgan fingerprint density at radius 1 is 0.525 bits per heavy atom. The number of aryl methyl sites for hydroxylation is 1. The summed E-state index contributed by atoms with van der Waals surface area (Å²) in [4.78, 5) is 2.42. The monoisotopic (exact) mass is 838 g/mol. The van der Waals surface area contributed by atoms with Crippen molar-refractivity contribution in [2.45, 2.75) is 253 Å². The molecular formula is C57H93N2O2+. The van der Waals surface area contributed by atoms with Gasteiger partial charge in [0.2, 0.25) is 11.5 Å². The number of nitrogens with zero attached hydrogens (tertiary/aromatic N) is 2. The predicted molar refractivity (Wildman–Crippen MR) is 266 cm³/mol. The van der Waals surface area contributed by atoms with Crippen LogP contribution in [0.4, 0.5) is 5.69 Å². The van der Waals surface area contributed by atoms with Crippen molar-refractivity contribution in [3.63, 3.8) is 0 Å². The molecule has 0 atom stereocenters. The number of oxazole rings is 1. The fourth-order valence-corrected chi connectivity index (χ4v) is 8.99. The lowest BCUT2D eigenvalue weighted by Gasteiger charge is -2.22. The average molecular weight is 838 g/mol. The Bertz CT molecular complexity index is 1700. The summed E-state index contributed by atoms with van der Waals surface area (Å²) in [6, 6.07) is 13.6. The van der Waals surface area contributed by atoms with E-state index in [0.717, 1.165) is 36.2 Å². The van der Waals surface area contributed by atoms with Gasteiger partial charge >= 0.3 is 5.89 Å². The third kappa shape index (κ3) is 18.3. The second kappa shape index (κ2) is 27.9. The molecule has 342 valence electrons. The third-order valence-corrected chi connectivity index (χ3v) is 13.1. The lowest BCUT2D eigenvalue weighted by atomic mass is 9.87. The Hall–Kier alpha value is -3.01. The molecule has 0 saturated carbocycles. The van der Waals surface area contributed by atoms with E-state index in [0.29, 0.717) is 0 Å². The number of aromatic nitrogens is 1. The molecule has 0 unspecified atom stereocenters. The van der Waals surface area contributed by atoms with Crippen LogP contribution in [0.15, 0.2) is 58.9 Å². The third-order valence-electron chi connectivity index (χ3n) is 13.1. The highest BCUT2D eigenvalue weighted by Crippen LogP contribution is 2.42. The van der Waals surface area contributed by atoms with Crippen LogP contribution < -0.4 is 14.2 Å². The lowest BCUT2D eigenvalue weighted by Crippen LogP contribution is -2.35. The normalized spacial score (nSPS) is 14.0. The number of hydrogen-bond donors (Lipinski definition) is 0. The van der Waals surface area contributed by atoms with Crippen molar-refractivity contribution in [3.8, 4) is 5.75 Å². The van der Waals surface area contributed by atoms with Gasteiger partial charge in [0.1, 0.15) is 0 Å². The van der Waals surface area contributed by atoms with E-state index in [1.165, 1.54) is 202 Å². The Morgan fingerprint density at radius 2 is 0.967 bits per heavy atom. The van der Waals surface area contributed by atoms with Gasteiger partial charge in [-0.25, -0.2) is 0 Å². The first-order valence-corrected chi connectivity index (χ1v) is 26.0. The van der Waals surface area contributed by atoms with E-state index in [1.807, 2.05) is 0 Å². The average Bonchev–Trinajstić information content (AvgIpc) is 3.76. The summed E-state index contributed by atoms with van der Waals surface area (Å²) in [6.45, 7) is 20.3. The van der Waals surface area contributed by atoms with E-state index in [9.17, 15) is 0 Å². The summed E-state index contributed by atoms with van der Waals surface area (Å²) < 4.78 is 15.6. The van der Waals surface area contributed by atoms with Gasteiger partial charge in [0.15, 0.2) is 12.3 Å². The van der Waals surface area contributed by atoms with Crippen molar-refractivity contribution >= 4 is 22.9 Å². The molecule has 4 rings (SSSR count). The lowest BCUT2D eigenvalue weighted by molar-refractivity contribution is -0.678. The molecule has 0 fully saturated rings. The Morgan fingerprint density at radius 3 is 1.46 bits per heavy atom. The van der Waals surface area contributed by atoms with Crippen LogP contribution in [-0.4, -0.2) is 6.54 Å². The predicted octanol–water partition coefficient (Wildman–Crippen LogP) is 18.0. The number of allylic oxidation sites excluding steroid dienone is 2. The van der Waals surface area contributed by atoms with Gasteiger partial charge in [-0.05, 0) is 65.1 Å². The van der Waals surface area contributed by atoms with Gasteiger partial charge < -0.3 is 14.1 Å². The molecule has 2 aromatic carbocycles. The van der Waals surface area contributed by atoms with Gasteiger partial charge in [0, 0.05) is 19.0 Å². The quantitative estimate of drug-likeness (QED) is 0.0463. The number of ether oxygens (including phenoxy) is 1. The maximum absolute atomic E-state index is 6.59. The largest absolute Gasteiger partial charge is 0.439 e. The first kappa shape index (κ1) is 50.6. The number of rotatable bonds is 32. The van der Waals surface area contributed by atoms with Crippen molar-refractivity contribution in [2.24, 2.45) is 0 Å². The van der Waals surface area contributed by atoms with E-state index < -0.39 is 0 Å². The Kier molecular flexibility index (Phi) is 23.2. The molecule has 0 saturated heterocycles. The second-order valence-electron chi connectivity index (χ2n) is 20.8. The van der Waals surface area contributed by atoms with Crippen LogP contribution in [-0.2, 0) is 17.4 Å². The molecule has 0 spiro atoms. The fraction of sp³-hybridized carbons (Fsp3) is 0.702. The fourth-order valence-electron chi connectivity index (χ4n) is 8.99. The van der Waals surface area contributed by atoms with E-state index in [4.69, 9.17) is 9.15 Å². The number of unbranched alkanes of at least 4 members (excludes halogenated alkanes) is 26. The summed E-state index contributed by atoms with van der Waals surface area (Å²) in [5.74, 6) is 2.79. The summed E-state index contributed by atoms with van der Waals surface area (Å²) >= 11 is 0.